The number of nitrogens with zero attached hydrogens (tertiary/aromatic N) is 2. The zero-order valence-corrected chi connectivity index (χ0v) is 10.7. The molecule has 1 atom stereocenters. The maximum Gasteiger partial charge on any atom is 0.271 e. The Balaban J connectivity index is 1.92. The van der Waals surface area contributed by atoms with E-state index in [-0.39, 0.29) is 17.5 Å². The molecule has 1 unspecified atom stereocenters. The average Bonchev–Trinajstić information content (AvgIpc) is 2.46. The van der Waals surface area contributed by atoms with Crippen LogP contribution in [-0.2, 0) is 0 Å². The van der Waals surface area contributed by atoms with E-state index in [1.165, 1.54) is 18.0 Å². The van der Waals surface area contributed by atoms with Gasteiger partial charge >= 0.3 is 0 Å². The van der Waals surface area contributed by atoms with Crippen molar-refractivity contribution in [1.29, 1.82) is 0 Å². The van der Waals surface area contributed by atoms with E-state index < -0.39 is 0 Å². The van der Waals surface area contributed by atoms with Gasteiger partial charge in [0.25, 0.3) is 5.91 Å². The summed E-state index contributed by atoms with van der Waals surface area (Å²) < 4.78 is 0. The minimum atomic E-state index is -0.240. The van der Waals surface area contributed by atoms with E-state index in [0.29, 0.717) is 12.4 Å². The first-order valence-electron chi connectivity index (χ1n) is 6.07. The number of rotatable bonds is 4. The number of hydrogen-bond donors (Lipinski definition) is 2. The van der Waals surface area contributed by atoms with Crippen LogP contribution in [0.15, 0.2) is 42.7 Å². The second kappa shape index (κ2) is 5.95. The Kier molecular flexibility index (Phi) is 4.07. The fourth-order valence-corrected chi connectivity index (χ4v) is 1.69. The molecule has 2 rings (SSSR count). The van der Waals surface area contributed by atoms with Gasteiger partial charge in [0.05, 0.1) is 12.4 Å². The van der Waals surface area contributed by atoms with E-state index >= 15 is 0 Å². The number of anilines is 1. The standard InChI is InChI=1S/C14H16N4O/c1-10(11-5-3-2-4-6-11)7-18-14(19)12-8-17-13(15)9-16-12/h2-6,8-10H,7H2,1H3,(H2,15,17)(H,18,19). The van der Waals surface area contributed by atoms with Gasteiger partial charge in [0.15, 0.2) is 0 Å². The second-order valence-corrected chi connectivity index (χ2v) is 4.35. The quantitative estimate of drug-likeness (QED) is 0.870. The third-order valence-electron chi connectivity index (χ3n) is 2.84. The number of benzene rings is 1. The fourth-order valence-electron chi connectivity index (χ4n) is 1.69. The van der Waals surface area contributed by atoms with E-state index in [1.807, 2.05) is 30.3 Å². The molecule has 2 aromatic rings. The molecule has 0 fully saturated rings. The van der Waals surface area contributed by atoms with Gasteiger partial charge in [0, 0.05) is 6.54 Å². The Morgan fingerprint density at radius 3 is 2.63 bits per heavy atom. The molecule has 1 amide bonds. The van der Waals surface area contributed by atoms with Crippen LogP contribution in [0.25, 0.3) is 0 Å². The minimum absolute atomic E-state index is 0.240. The Bertz CT molecular complexity index is 539. The normalized spacial score (nSPS) is 11.8. The number of carbonyl (C=O) groups is 1. The van der Waals surface area contributed by atoms with Gasteiger partial charge in [0.1, 0.15) is 11.5 Å². The van der Waals surface area contributed by atoms with E-state index in [0.717, 1.165) is 0 Å². The van der Waals surface area contributed by atoms with Crippen LogP contribution >= 0.6 is 0 Å². The number of carbonyl (C=O) groups excluding carboxylic acids is 1. The number of hydrogen-bond acceptors (Lipinski definition) is 4. The molecule has 1 heterocycles. The zero-order valence-electron chi connectivity index (χ0n) is 10.7. The highest BCUT2D eigenvalue weighted by Crippen LogP contribution is 2.13. The smallest absolute Gasteiger partial charge is 0.271 e. The minimum Gasteiger partial charge on any atom is -0.382 e. The predicted octanol–water partition coefficient (Wildman–Crippen LogP) is 1.59. The van der Waals surface area contributed by atoms with Crippen molar-refractivity contribution in [2.45, 2.75) is 12.8 Å². The van der Waals surface area contributed by atoms with Gasteiger partial charge in [0.2, 0.25) is 0 Å². The summed E-state index contributed by atoms with van der Waals surface area (Å²) in [5, 5.41) is 2.83. The van der Waals surface area contributed by atoms with Crippen molar-refractivity contribution < 1.29 is 4.79 Å². The summed E-state index contributed by atoms with van der Waals surface area (Å²) in [6, 6.07) is 10.0. The number of nitrogens with one attached hydrogen (secondary N) is 1. The van der Waals surface area contributed by atoms with E-state index in [2.05, 4.69) is 22.2 Å². The van der Waals surface area contributed by atoms with Crippen molar-refractivity contribution in [2.24, 2.45) is 0 Å². The molecule has 0 saturated heterocycles. The Labute approximate surface area is 111 Å². The van der Waals surface area contributed by atoms with Crippen molar-refractivity contribution in [3.8, 4) is 0 Å². The molecule has 19 heavy (non-hydrogen) atoms. The largest absolute Gasteiger partial charge is 0.382 e. The van der Waals surface area contributed by atoms with Crippen LogP contribution in [-0.4, -0.2) is 22.4 Å². The van der Waals surface area contributed by atoms with E-state index in [4.69, 9.17) is 5.73 Å². The maximum absolute atomic E-state index is 11.8. The molecule has 3 N–H and O–H groups in total. The maximum atomic E-state index is 11.8. The molecule has 0 aliphatic rings. The Hall–Kier alpha value is -2.43. The highest BCUT2D eigenvalue weighted by Gasteiger charge is 2.10. The number of nitrogens with two attached hydrogens (primary N) is 1. The first kappa shape index (κ1) is 13.0. The lowest BCUT2D eigenvalue weighted by Crippen LogP contribution is -2.28. The third kappa shape index (κ3) is 3.51. The summed E-state index contributed by atoms with van der Waals surface area (Å²) in [7, 11) is 0. The summed E-state index contributed by atoms with van der Waals surface area (Å²) >= 11 is 0. The van der Waals surface area contributed by atoms with Crippen LogP contribution in [0.5, 0.6) is 0 Å². The molecule has 0 aliphatic carbocycles. The van der Waals surface area contributed by atoms with Crippen LogP contribution in [0.3, 0.4) is 0 Å². The number of aromatic nitrogens is 2. The highest BCUT2D eigenvalue weighted by atomic mass is 16.1. The summed E-state index contributed by atoms with van der Waals surface area (Å²) in [6.45, 7) is 2.61. The monoisotopic (exact) mass is 256 g/mol. The van der Waals surface area contributed by atoms with Crippen molar-refractivity contribution in [3.05, 3.63) is 54.0 Å². The molecular formula is C14H16N4O. The van der Waals surface area contributed by atoms with Crippen LogP contribution in [0.4, 0.5) is 5.82 Å². The van der Waals surface area contributed by atoms with E-state index in [1.54, 1.807) is 0 Å². The van der Waals surface area contributed by atoms with Gasteiger partial charge in [-0.1, -0.05) is 37.3 Å². The SMILES string of the molecule is CC(CNC(=O)c1cnc(N)cn1)c1ccccc1. The first-order chi connectivity index (χ1) is 9.16. The summed E-state index contributed by atoms with van der Waals surface area (Å²) in [4.78, 5) is 19.6. The molecule has 1 aromatic heterocycles. The molecule has 0 aliphatic heterocycles. The molecular weight excluding hydrogens is 240 g/mol. The molecule has 0 spiro atoms. The molecule has 0 bridgehead atoms. The Morgan fingerprint density at radius 2 is 2.00 bits per heavy atom. The summed E-state index contributed by atoms with van der Waals surface area (Å²) in [5.74, 6) is 0.302. The van der Waals surface area contributed by atoms with Crippen molar-refractivity contribution in [3.63, 3.8) is 0 Å². The zero-order chi connectivity index (χ0) is 13.7. The second-order valence-electron chi connectivity index (χ2n) is 4.35. The lowest BCUT2D eigenvalue weighted by molar-refractivity contribution is 0.0946. The molecule has 0 saturated carbocycles. The summed E-state index contributed by atoms with van der Waals surface area (Å²) in [5.41, 5.74) is 6.88. The van der Waals surface area contributed by atoms with Gasteiger partial charge < -0.3 is 11.1 Å². The van der Waals surface area contributed by atoms with Crippen molar-refractivity contribution in [1.82, 2.24) is 15.3 Å². The summed E-state index contributed by atoms with van der Waals surface area (Å²) in [6.07, 6.45) is 2.74. The van der Waals surface area contributed by atoms with Crippen LogP contribution in [0.2, 0.25) is 0 Å². The first-order valence-corrected chi connectivity index (χ1v) is 6.07. The Morgan fingerprint density at radius 1 is 1.26 bits per heavy atom. The van der Waals surface area contributed by atoms with Gasteiger partial charge in [-0.3, -0.25) is 4.79 Å². The van der Waals surface area contributed by atoms with Crippen LogP contribution in [0.1, 0.15) is 28.9 Å². The molecule has 5 nitrogen and oxygen atoms in total. The molecule has 5 heteroatoms. The van der Waals surface area contributed by atoms with Crippen LogP contribution < -0.4 is 11.1 Å². The third-order valence-corrected chi connectivity index (χ3v) is 2.84. The van der Waals surface area contributed by atoms with Crippen molar-refractivity contribution in [2.75, 3.05) is 12.3 Å². The number of nitrogen functional groups attached to an aromatic ring is 1. The number of amides is 1. The molecule has 0 radical (unpaired) electrons. The van der Waals surface area contributed by atoms with Gasteiger partial charge in [-0.25, -0.2) is 9.97 Å². The van der Waals surface area contributed by atoms with Gasteiger partial charge in [-0.05, 0) is 11.5 Å². The van der Waals surface area contributed by atoms with Crippen LogP contribution in [0, 0.1) is 0 Å². The lowest BCUT2D eigenvalue weighted by atomic mass is 10.0. The lowest BCUT2D eigenvalue weighted by Gasteiger charge is -2.12. The predicted molar refractivity (Wildman–Crippen MR) is 73.6 cm³/mol. The molecule has 98 valence electrons. The molecule has 1 aromatic carbocycles. The highest BCUT2D eigenvalue weighted by molar-refractivity contribution is 5.92. The van der Waals surface area contributed by atoms with E-state index in [9.17, 15) is 4.79 Å². The van der Waals surface area contributed by atoms with Gasteiger partial charge in [-0.2, -0.15) is 0 Å². The van der Waals surface area contributed by atoms with Gasteiger partial charge in [-0.15, -0.1) is 0 Å². The fraction of sp³-hybridized carbons (Fsp3) is 0.214. The average molecular weight is 256 g/mol. The topological polar surface area (TPSA) is 80.9 Å². The van der Waals surface area contributed by atoms with Crippen molar-refractivity contribution >= 4 is 11.7 Å².